The molecule has 1 aliphatic heterocycles. The molecule has 1 aliphatic rings. The van der Waals surface area contributed by atoms with Crippen LogP contribution in [0.25, 0.3) is 10.9 Å². The van der Waals surface area contributed by atoms with Crippen molar-refractivity contribution in [3.63, 3.8) is 0 Å². The van der Waals surface area contributed by atoms with Crippen LogP contribution in [0.15, 0.2) is 61.1 Å². The smallest absolute Gasteiger partial charge is 0.254 e. The highest BCUT2D eigenvalue weighted by atomic mass is 16.5. The zero-order chi connectivity index (χ0) is 25.1. The lowest BCUT2D eigenvalue weighted by atomic mass is 9.93. The van der Waals surface area contributed by atoms with E-state index in [1.165, 1.54) is 5.56 Å². The monoisotopic (exact) mass is 482 g/mol. The highest BCUT2D eigenvalue weighted by molar-refractivity contribution is 5.98. The summed E-state index contributed by atoms with van der Waals surface area (Å²) in [5.74, 6) is 1.42. The lowest BCUT2D eigenvalue weighted by Crippen LogP contribution is -2.34. The Bertz CT molecular complexity index is 1350. The zero-order valence-corrected chi connectivity index (χ0v) is 20.6. The number of benzene rings is 1. The van der Waals surface area contributed by atoms with Gasteiger partial charge in [0.15, 0.2) is 0 Å². The Labute approximate surface area is 210 Å². The molecule has 1 saturated heterocycles. The summed E-state index contributed by atoms with van der Waals surface area (Å²) in [6.07, 6.45) is 7.34. The van der Waals surface area contributed by atoms with Crippen molar-refractivity contribution in [1.82, 2.24) is 24.8 Å². The summed E-state index contributed by atoms with van der Waals surface area (Å²) < 4.78 is 5.49. The van der Waals surface area contributed by atoms with Crippen molar-refractivity contribution in [3.8, 4) is 0 Å². The Morgan fingerprint density at radius 1 is 1.11 bits per heavy atom. The van der Waals surface area contributed by atoms with E-state index < -0.39 is 0 Å². The number of fused-ring (bicyclic) bond motifs is 1. The lowest BCUT2D eigenvalue weighted by molar-refractivity contribution is 0.0663. The third-order valence-corrected chi connectivity index (χ3v) is 6.85. The molecule has 2 N–H and O–H groups in total. The fraction of sp³-hybridized carbons (Fsp3) is 0.321. The number of hydrogen-bond donors (Lipinski definition) is 1. The van der Waals surface area contributed by atoms with E-state index in [1.54, 1.807) is 29.4 Å². The number of aromatic nitrogens is 4. The molecule has 0 spiro atoms. The fourth-order valence-electron chi connectivity index (χ4n) is 4.62. The van der Waals surface area contributed by atoms with Gasteiger partial charge in [-0.05, 0) is 80.1 Å². The first kappa shape index (κ1) is 23.8. The molecule has 4 heterocycles. The number of carbonyl (C=O) groups is 1. The van der Waals surface area contributed by atoms with Crippen molar-refractivity contribution >= 4 is 22.6 Å². The van der Waals surface area contributed by atoms with Crippen molar-refractivity contribution in [1.29, 1.82) is 0 Å². The molecule has 8 nitrogen and oxygen atoms in total. The molecular weight excluding hydrogens is 452 g/mol. The van der Waals surface area contributed by atoms with Crippen LogP contribution in [-0.2, 0) is 11.3 Å². The maximum atomic E-state index is 13.9. The summed E-state index contributed by atoms with van der Waals surface area (Å²) in [7, 11) is 0. The lowest BCUT2D eigenvalue weighted by Gasteiger charge is -2.28. The van der Waals surface area contributed by atoms with Crippen LogP contribution in [0.1, 0.15) is 64.7 Å². The minimum atomic E-state index is -0.349. The number of aryl methyl sites for hydroxylation is 1. The fourth-order valence-corrected chi connectivity index (χ4v) is 4.62. The highest BCUT2D eigenvalue weighted by Gasteiger charge is 2.26. The van der Waals surface area contributed by atoms with Gasteiger partial charge in [-0.3, -0.25) is 9.78 Å². The Hall–Kier alpha value is -3.91. The number of anilines is 1. The Kier molecular flexibility index (Phi) is 6.86. The summed E-state index contributed by atoms with van der Waals surface area (Å²) in [4.78, 5) is 33.6. The number of nitrogens with two attached hydrogens (primary N) is 1. The predicted octanol–water partition coefficient (Wildman–Crippen LogP) is 4.61. The average Bonchev–Trinajstić information content (AvgIpc) is 2.93. The second-order valence-electron chi connectivity index (χ2n) is 9.28. The third-order valence-electron chi connectivity index (χ3n) is 6.85. The van der Waals surface area contributed by atoms with Gasteiger partial charge in [0.1, 0.15) is 11.6 Å². The second kappa shape index (κ2) is 10.4. The summed E-state index contributed by atoms with van der Waals surface area (Å²) >= 11 is 0. The molecule has 1 aromatic carbocycles. The van der Waals surface area contributed by atoms with E-state index in [0.717, 1.165) is 48.2 Å². The SMILES string of the molecule is Cc1cc2cc(C(=O)N(Cc3ccc(C4CCOCC4)cn3)C(C)c3ncccn3)ccc2nc1N. The van der Waals surface area contributed by atoms with Gasteiger partial charge in [0.05, 0.1) is 23.8 Å². The Morgan fingerprint density at radius 3 is 2.61 bits per heavy atom. The number of nitrogens with zero attached hydrogens (tertiary/aromatic N) is 5. The van der Waals surface area contributed by atoms with Gasteiger partial charge in [0.2, 0.25) is 0 Å². The minimum Gasteiger partial charge on any atom is -0.383 e. The number of amides is 1. The van der Waals surface area contributed by atoms with E-state index in [4.69, 9.17) is 15.5 Å². The van der Waals surface area contributed by atoms with Crippen molar-refractivity contribution in [3.05, 3.63) is 89.3 Å². The molecule has 5 rings (SSSR count). The van der Waals surface area contributed by atoms with Crippen molar-refractivity contribution in [2.45, 2.75) is 45.2 Å². The summed E-state index contributed by atoms with van der Waals surface area (Å²) in [5.41, 5.74) is 10.2. The maximum Gasteiger partial charge on any atom is 0.254 e. The minimum absolute atomic E-state index is 0.123. The molecule has 0 aliphatic carbocycles. The number of rotatable bonds is 6. The number of ether oxygens (including phenoxy) is 1. The van der Waals surface area contributed by atoms with Gasteiger partial charge in [-0.15, -0.1) is 0 Å². The van der Waals surface area contributed by atoms with E-state index >= 15 is 0 Å². The summed E-state index contributed by atoms with van der Waals surface area (Å²) in [6, 6.07) is 13.0. The quantitative estimate of drug-likeness (QED) is 0.428. The molecular formula is C28H30N6O2. The first-order valence-corrected chi connectivity index (χ1v) is 12.3. The summed E-state index contributed by atoms with van der Waals surface area (Å²) in [5, 5.41) is 0.870. The van der Waals surface area contributed by atoms with Crippen LogP contribution >= 0.6 is 0 Å². The highest BCUT2D eigenvalue weighted by Crippen LogP contribution is 2.28. The average molecular weight is 483 g/mol. The Balaban J connectivity index is 1.45. The molecule has 184 valence electrons. The molecule has 1 atom stereocenters. The molecule has 0 radical (unpaired) electrons. The normalized spacial score (nSPS) is 15.1. The Morgan fingerprint density at radius 2 is 1.89 bits per heavy atom. The van der Waals surface area contributed by atoms with E-state index in [-0.39, 0.29) is 11.9 Å². The van der Waals surface area contributed by atoms with Crippen LogP contribution in [0.4, 0.5) is 5.82 Å². The molecule has 4 aromatic rings. The van der Waals surface area contributed by atoms with Crippen LogP contribution in [-0.4, -0.2) is 44.0 Å². The van der Waals surface area contributed by atoms with Gasteiger partial charge in [0.25, 0.3) is 5.91 Å². The van der Waals surface area contributed by atoms with Gasteiger partial charge in [-0.1, -0.05) is 6.07 Å². The molecule has 1 unspecified atom stereocenters. The van der Waals surface area contributed by atoms with Gasteiger partial charge in [0, 0.05) is 42.8 Å². The van der Waals surface area contributed by atoms with E-state index in [1.807, 2.05) is 44.3 Å². The van der Waals surface area contributed by atoms with Gasteiger partial charge in [-0.25, -0.2) is 15.0 Å². The van der Waals surface area contributed by atoms with E-state index in [9.17, 15) is 4.79 Å². The van der Waals surface area contributed by atoms with Gasteiger partial charge >= 0.3 is 0 Å². The number of pyridine rings is 2. The third kappa shape index (κ3) is 5.04. The van der Waals surface area contributed by atoms with Gasteiger partial charge in [-0.2, -0.15) is 0 Å². The molecule has 0 saturated carbocycles. The topological polar surface area (TPSA) is 107 Å². The number of nitrogen functional groups attached to an aromatic ring is 1. The standard InChI is InChI=1S/C28H30N6O2/c1-18-14-23-15-21(5-7-25(23)33-26(18)29)28(35)34(19(2)27-30-10-3-11-31-27)17-24-6-4-22(16-32-24)20-8-12-36-13-9-20/h3-7,10-11,14-16,19-20H,8-9,12-13,17H2,1-2H3,(H2,29,33). The van der Waals surface area contributed by atoms with E-state index in [0.29, 0.717) is 29.7 Å². The molecule has 1 amide bonds. The van der Waals surface area contributed by atoms with Crippen LogP contribution in [0.2, 0.25) is 0 Å². The largest absolute Gasteiger partial charge is 0.383 e. The van der Waals surface area contributed by atoms with Crippen LogP contribution < -0.4 is 5.73 Å². The number of carbonyl (C=O) groups excluding carboxylic acids is 1. The molecule has 36 heavy (non-hydrogen) atoms. The van der Waals surface area contributed by atoms with Crippen molar-refractivity contribution < 1.29 is 9.53 Å². The first-order chi connectivity index (χ1) is 17.5. The van der Waals surface area contributed by atoms with Crippen molar-refractivity contribution in [2.24, 2.45) is 0 Å². The van der Waals surface area contributed by atoms with Crippen molar-refractivity contribution in [2.75, 3.05) is 18.9 Å². The zero-order valence-electron chi connectivity index (χ0n) is 20.6. The summed E-state index contributed by atoms with van der Waals surface area (Å²) in [6.45, 7) is 5.76. The first-order valence-electron chi connectivity index (χ1n) is 12.3. The molecule has 3 aromatic heterocycles. The van der Waals surface area contributed by atoms with E-state index in [2.05, 4.69) is 21.0 Å². The number of hydrogen-bond acceptors (Lipinski definition) is 7. The molecule has 1 fully saturated rings. The van der Waals surface area contributed by atoms with Gasteiger partial charge < -0.3 is 15.4 Å². The van der Waals surface area contributed by atoms with Crippen LogP contribution in [0.5, 0.6) is 0 Å². The predicted molar refractivity (Wildman–Crippen MR) is 138 cm³/mol. The van der Waals surface area contributed by atoms with Crippen LogP contribution in [0.3, 0.4) is 0 Å². The van der Waals surface area contributed by atoms with Crippen LogP contribution in [0, 0.1) is 6.92 Å². The maximum absolute atomic E-state index is 13.9. The molecule has 8 heteroatoms. The molecule has 0 bridgehead atoms. The second-order valence-corrected chi connectivity index (χ2v) is 9.28.